The molecule has 4 N–H and O–H groups in total. The summed E-state index contributed by atoms with van der Waals surface area (Å²) in [5.74, 6) is -0.734. The van der Waals surface area contributed by atoms with Gasteiger partial charge in [-0.2, -0.15) is 4.31 Å². The predicted molar refractivity (Wildman–Crippen MR) is 166 cm³/mol. The Morgan fingerprint density at radius 3 is 2.49 bits per heavy atom. The lowest BCUT2D eigenvalue weighted by atomic mass is 10.0. The number of carbonyl (C=O) groups excluding carboxylic acids is 2. The highest BCUT2D eigenvalue weighted by Crippen LogP contribution is 2.36. The highest BCUT2D eigenvalue weighted by atomic mass is 32.2. The Hall–Kier alpha value is -3.42. The van der Waals surface area contributed by atoms with E-state index in [4.69, 9.17) is 0 Å². The van der Waals surface area contributed by atoms with Crippen molar-refractivity contribution in [1.82, 2.24) is 20.3 Å². The second-order valence-corrected chi connectivity index (χ2v) is 13.6. The Balaban J connectivity index is 1.32. The van der Waals surface area contributed by atoms with Crippen LogP contribution in [0.5, 0.6) is 0 Å². The van der Waals surface area contributed by atoms with Crippen molar-refractivity contribution in [2.45, 2.75) is 67.8 Å². The molecule has 1 amide bonds. The average Bonchev–Trinajstić information content (AvgIpc) is 3.46. The molecule has 0 radical (unpaired) electrons. The monoisotopic (exact) mass is 629 g/mol. The molecule has 4 rings (SSSR count). The molecule has 1 saturated heterocycles. The number of aliphatic carboxylic acids is 1. The molecule has 0 aromatic heterocycles. The van der Waals surface area contributed by atoms with Gasteiger partial charge in [0.15, 0.2) is 5.96 Å². The first-order valence-corrected chi connectivity index (χ1v) is 17.0. The van der Waals surface area contributed by atoms with Gasteiger partial charge in [-0.25, -0.2) is 13.2 Å². The predicted octanol–water partition coefficient (Wildman–Crippen LogP) is 2.17. The van der Waals surface area contributed by atoms with Crippen LogP contribution in [0, 0.1) is 0 Å². The van der Waals surface area contributed by atoms with Crippen LogP contribution in [0.25, 0.3) is 0 Å². The van der Waals surface area contributed by atoms with Gasteiger partial charge in [0.25, 0.3) is 0 Å². The highest BCUT2D eigenvalue weighted by Gasteiger charge is 2.46. The third kappa shape index (κ3) is 8.80. The maximum Gasteiger partial charge on any atom is 0.326 e. The number of carboxylic acids is 1. The number of Topliss-reactive ketones (excluding diaryl/α,β-unsaturated/α-hetero) is 1. The molecule has 2 aliphatic rings. The van der Waals surface area contributed by atoms with Gasteiger partial charge in [0.2, 0.25) is 15.9 Å². The number of amides is 1. The van der Waals surface area contributed by atoms with E-state index >= 15 is 0 Å². The van der Waals surface area contributed by atoms with Crippen LogP contribution in [-0.4, -0.2) is 84.3 Å². The molecule has 43 heavy (non-hydrogen) atoms. The van der Waals surface area contributed by atoms with E-state index in [9.17, 15) is 27.9 Å². The van der Waals surface area contributed by atoms with Crippen LogP contribution in [0.15, 0.2) is 64.5 Å². The van der Waals surface area contributed by atoms with Crippen LogP contribution in [0.2, 0.25) is 0 Å². The summed E-state index contributed by atoms with van der Waals surface area (Å²) < 4.78 is 28.1. The van der Waals surface area contributed by atoms with E-state index in [0.29, 0.717) is 31.4 Å². The van der Waals surface area contributed by atoms with Crippen molar-refractivity contribution >= 4 is 45.4 Å². The molecule has 13 heteroatoms. The summed E-state index contributed by atoms with van der Waals surface area (Å²) in [6.45, 7) is 4.22. The fraction of sp³-hybridized carbons (Fsp3) is 0.467. The van der Waals surface area contributed by atoms with Crippen molar-refractivity contribution in [3.05, 3.63) is 65.7 Å². The first kappa shape index (κ1) is 32.5. The van der Waals surface area contributed by atoms with Gasteiger partial charge in [0, 0.05) is 44.6 Å². The third-order valence-electron chi connectivity index (χ3n) is 7.31. The lowest BCUT2D eigenvalue weighted by Crippen LogP contribution is -2.53. The summed E-state index contributed by atoms with van der Waals surface area (Å²) in [6, 6.07) is 12.7. The molecule has 0 saturated carbocycles. The van der Waals surface area contributed by atoms with Gasteiger partial charge in [-0.3, -0.25) is 14.6 Å². The number of guanidine groups is 1. The first-order valence-electron chi connectivity index (χ1n) is 14.5. The minimum Gasteiger partial charge on any atom is -0.480 e. The molecule has 11 nitrogen and oxygen atoms in total. The Labute approximate surface area is 257 Å². The number of nitrogens with one attached hydrogen (secondary N) is 3. The summed E-state index contributed by atoms with van der Waals surface area (Å²) in [5.41, 5.74) is 1.50. The summed E-state index contributed by atoms with van der Waals surface area (Å²) in [7, 11) is -3.97. The van der Waals surface area contributed by atoms with Crippen LogP contribution in [0.3, 0.4) is 0 Å². The Morgan fingerprint density at radius 2 is 1.84 bits per heavy atom. The molecule has 3 atom stereocenters. The van der Waals surface area contributed by atoms with E-state index in [1.807, 2.05) is 6.92 Å². The minimum atomic E-state index is -3.97. The van der Waals surface area contributed by atoms with Gasteiger partial charge in [-0.15, -0.1) is 11.8 Å². The van der Waals surface area contributed by atoms with Crippen molar-refractivity contribution in [2.75, 3.05) is 25.4 Å². The molecular weight excluding hydrogens is 590 g/mol. The fourth-order valence-electron chi connectivity index (χ4n) is 5.03. The number of nitrogens with zero attached hydrogens (tertiary/aromatic N) is 2. The van der Waals surface area contributed by atoms with Crippen LogP contribution in [0.4, 0.5) is 0 Å². The number of hydrogen-bond acceptors (Lipinski definition) is 9. The molecule has 0 bridgehead atoms. The molecule has 0 spiro atoms. The third-order valence-corrected chi connectivity index (χ3v) is 10.8. The van der Waals surface area contributed by atoms with Crippen molar-refractivity contribution < 1.29 is 27.9 Å². The van der Waals surface area contributed by atoms with Gasteiger partial charge in [-0.05, 0) is 42.5 Å². The van der Waals surface area contributed by atoms with E-state index in [2.05, 4.69) is 20.9 Å². The van der Waals surface area contributed by atoms with Crippen molar-refractivity contribution in [2.24, 2.45) is 4.99 Å². The van der Waals surface area contributed by atoms with E-state index in [1.165, 1.54) is 28.2 Å². The second kappa shape index (κ2) is 15.3. The number of carboxylic acid groups (broad SMARTS) is 1. The highest BCUT2D eigenvalue weighted by molar-refractivity contribution is 8.01. The van der Waals surface area contributed by atoms with E-state index in [1.54, 1.807) is 42.5 Å². The number of sulfonamides is 1. The fourth-order valence-corrected chi connectivity index (χ4v) is 8.60. The quantitative estimate of drug-likeness (QED) is 0.230. The second-order valence-electron chi connectivity index (χ2n) is 10.5. The van der Waals surface area contributed by atoms with Crippen molar-refractivity contribution in [3.63, 3.8) is 0 Å². The zero-order chi connectivity index (χ0) is 30.8. The Bertz CT molecular complexity index is 1400. The number of ketones is 1. The summed E-state index contributed by atoms with van der Waals surface area (Å²) >= 11 is 1.37. The molecule has 2 aromatic rings. The zero-order valence-corrected chi connectivity index (χ0v) is 25.8. The van der Waals surface area contributed by atoms with Crippen molar-refractivity contribution in [3.8, 4) is 0 Å². The average molecular weight is 630 g/mol. The molecule has 232 valence electrons. The maximum absolute atomic E-state index is 13.5. The number of thioether (sulfide) groups is 1. The summed E-state index contributed by atoms with van der Waals surface area (Å²) in [4.78, 5) is 42.3. The number of aliphatic imine (C=N–C) groups is 1. The van der Waals surface area contributed by atoms with Crippen molar-refractivity contribution in [1.29, 1.82) is 0 Å². The van der Waals surface area contributed by atoms with Gasteiger partial charge in [0.1, 0.15) is 17.9 Å². The van der Waals surface area contributed by atoms with E-state index < -0.39 is 39.4 Å². The Kier molecular flexibility index (Phi) is 11.6. The van der Waals surface area contributed by atoms with Crippen LogP contribution < -0.4 is 16.0 Å². The molecule has 2 aromatic carbocycles. The summed E-state index contributed by atoms with van der Waals surface area (Å²) in [6.07, 6.45) is 2.95. The van der Waals surface area contributed by atoms with Gasteiger partial charge >= 0.3 is 5.97 Å². The SMILES string of the molecule is CCC1SC[C@@H](C(=O)N[C@@H](Cc2ccc(CC(=O)CCCNC3=NCCCN3)cc2)C(=O)O)N1S(=O)(=O)c1ccccc1. The molecule has 0 aliphatic carbocycles. The standard InChI is InChI=1S/C30H39N5O6S2/c1-2-27-35(43(40,41)24-9-4-3-5-10-24)26(20-42-27)28(37)34-25(29(38)39)19-22-13-11-21(12-14-22)18-23(36)8-6-15-31-30-32-16-7-17-33-30/h3-5,9-14,25-27H,2,6-8,15-20H2,1H3,(H,34,37)(H,38,39)(H2,31,32,33)/t25-,26-,27?/m0/s1. The lowest BCUT2D eigenvalue weighted by molar-refractivity contribution is -0.142. The number of benzene rings is 2. The minimum absolute atomic E-state index is 0.0153. The molecular formula is C30H39N5O6S2. The number of carbonyl (C=O) groups is 3. The molecule has 1 unspecified atom stereocenters. The van der Waals surface area contributed by atoms with Crippen LogP contribution in [0.1, 0.15) is 43.7 Å². The first-order chi connectivity index (χ1) is 20.7. The number of rotatable bonds is 14. The largest absolute Gasteiger partial charge is 0.480 e. The van der Waals surface area contributed by atoms with Gasteiger partial charge in [0.05, 0.1) is 10.3 Å². The van der Waals surface area contributed by atoms with E-state index in [-0.39, 0.29) is 29.3 Å². The molecule has 2 heterocycles. The van der Waals surface area contributed by atoms with Gasteiger partial charge in [-0.1, -0.05) is 49.4 Å². The van der Waals surface area contributed by atoms with Crippen LogP contribution >= 0.6 is 11.8 Å². The van der Waals surface area contributed by atoms with Gasteiger partial charge < -0.3 is 21.1 Å². The number of hydrogen-bond donors (Lipinski definition) is 4. The van der Waals surface area contributed by atoms with Crippen LogP contribution in [-0.2, 0) is 37.2 Å². The molecule has 1 fully saturated rings. The topological polar surface area (TPSA) is 157 Å². The summed E-state index contributed by atoms with van der Waals surface area (Å²) in [5, 5.41) is 18.4. The smallest absolute Gasteiger partial charge is 0.326 e. The maximum atomic E-state index is 13.5. The lowest BCUT2D eigenvalue weighted by Gasteiger charge is -2.28. The molecule has 2 aliphatic heterocycles. The normalized spacial score (nSPS) is 19.6. The van der Waals surface area contributed by atoms with E-state index in [0.717, 1.165) is 31.0 Å². The Morgan fingerprint density at radius 1 is 1.12 bits per heavy atom. The zero-order valence-electron chi connectivity index (χ0n) is 24.2.